The number of nitrogens with one attached hydrogen (secondary N) is 1. The topological polar surface area (TPSA) is 46.2 Å². The SMILES string of the molecule is CCCNCC(CCS(C)(=O)=O)c1cccc(Cl)c1. The van der Waals surface area contributed by atoms with Crippen molar-refractivity contribution in [3.8, 4) is 0 Å². The van der Waals surface area contributed by atoms with Crippen LogP contribution in [0.3, 0.4) is 0 Å². The molecular weight excluding hydrogens is 282 g/mol. The molecule has 19 heavy (non-hydrogen) atoms. The van der Waals surface area contributed by atoms with Crippen LogP contribution in [0.2, 0.25) is 5.02 Å². The van der Waals surface area contributed by atoms with Gasteiger partial charge in [0.1, 0.15) is 9.84 Å². The van der Waals surface area contributed by atoms with E-state index in [0.29, 0.717) is 11.4 Å². The average Bonchev–Trinajstić information content (AvgIpc) is 2.32. The molecule has 5 heteroatoms. The highest BCUT2D eigenvalue weighted by Crippen LogP contribution is 2.22. The van der Waals surface area contributed by atoms with Crippen LogP contribution in [-0.4, -0.2) is 33.5 Å². The number of halogens is 1. The van der Waals surface area contributed by atoms with E-state index in [1.165, 1.54) is 6.26 Å². The van der Waals surface area contributed by atoms with Crippen LogP contribution < -0.4 is 5.32 Å². The predicted molar refractivity (Wildman–Crippen MR) is 81.7 cm³/mol. The van der Waals surface area contributed by atoms with Gasteiger partial charge in [-0.3, -0.25) is 0 Å². The van der Waals surface area contributed by atoms with Crippen molar-refractivity contribution in [3.63, 3.8) is 0 Å². The molecule has 3 nitrogen and oxygen atoms in total. The second-order valence-electron chi connectivity index (χ2n) is 4.87. The Hall–Kier alpha value is -0.580. The zero-order chi connectivity index (χ0) is 14.3. The second kappa shape index (κ2) is 7.88. The summed E-state index contributed by atoms with van der Waals surface area (Å²) in [6.45, 7) is 3.83. The molecule has 0 amide bonds. The zero-order valence-electron chi connectivity index (χ0n) is 11.5. The number of rotatable bonds is 8. The average molecular weight is 304 g/mol. The van der Waals surface area contributed by atoms with Gasteiger partial charge in [-0.05, 0) is 43.0 Å². The van der Waals surface area contributed by atoms with Crippen LogP contribution in [-0.2, 0) is 9.84 Å². The summed E-state index contributed by atoms with van der Waals surface area (Å²) in [6, 6.07) is 7.66. The van der Waals surface area contributed by atoms with Crippen molar-refractivity contribution in [3.05, 3.63) is 34.9 Å². The number of sulfone groups is 1. The van der Waals surface area contributed by atoms with Crippen LogP contribution in [0, 0.1) is 0 Å². The lowest BCUT2D eigenvalue weighted by Crippen LogP contribution is -2.24. The van der Waals surface area contributed by atoms with E-state index < -0.39 is 9.84 Å². The molecule has 108 valence electrons. The first-order valence-electron chi connectivity index (χ1n) is 6.56. The van der Waals surface area contributed by atoms with Crippen molar-refractivity contribution in [1.82, 2.24) is 5.32 Å². The molecular formula is C14H22ClNO2S. The van der Waals surface area contributed by atoms with Gasteiger partial charge in [0, 0.05) is 17.8 Å². The molecule has 1 unspecified atom stereocenters. The highest BCUT2D eigenvalue weighted by Gasteiger charge is 2.14. The van der Waals surface area contributed by atoms with Gasteiger partial charge in [-0.15, -0.1) is 0 Å². The highest BCUT2D eigenvalue weighted by atomic mass is 35.5. The van der Waals surface area contributed by atoms with E-state index in [1.54, 1.807) is 0 Å². The van der Waals surface area contributed by atoms with Gasteiger partial charge in [-0.25, -0.2) is 8.42 Å². The van der Waals surface area contributed by atoms with Crippen LogP contribution in [0.4, 0.5) is 0 Å². The summed E-state index contributed by atoms with van der Waals surface area (Å²) in [7, 11) is -2.93. The zero-order valence-corrected chi connectivity index (χ0v) is 13.1. The summed E-state index contributed by atoms with van der Waals surface area (Å²) in [5.41, 5.74) is 1.10. The molecule has 0 aliphatic carbocycles. The molecule has 0 bridgehead atoms. The molecule has 0 aromatic heterocycles. The maximum Gasteiger partial charge on any atom is 0.147 e. The van der Waals surface area contributed by atoms with Gasteiger partial charge in [0.2, 0.25) is 0 Å². The van der Waals surface area contributed by atoms with Crippen molar-refractivity contribution in [2.75, 3.05) is 25.1 Å². The fourth-order valence-electron chi connectivity index (χ4n) is 1.96. The lowest BCUT2D eigenvalue weighted by molar-refractivity contribution is 0.556. The Labute approximate surface area is 121 Å². The first-order chi connectivity index (χ1) is 8.92. The molecule has 0 aliphatic heterocycles. The quantitative estimate of drug-likeness (QED) is 0.751. The molecule has 0 saturated carbocycles. The van der Waals surface area contributed by atoms with Crippen molar-refractivity contribution in [2.24, 2.45) is 0 Å². The van der Waals surface area contributed by atoms with Gasteiger partial charge >= 0.3 is 0 Å². The minimum Gasteiger partial charge on any atom is -0.316 e. The third-order valence-electron chi connectivity index (χ3n) is 2.97. The van der Waals surface area contributed by atoms with Crippen molar-refractivity contribution < 1.29 is 8.42 Å². The fraction of sp³-hybridized carbons (Fsp3) is 0.571. The number of benzene rings is 1. The molecule has 0 saturated heterocycles. The molecule has 0 radical (unpaired) electrons. The molecule has 0 spiro atoms. The third-order valence-corrected chi connectivity index (χ3v) is 4.19. The van der Waals surface area contributed by atoms with Gasteiger partial charge in [0.05, 0.1) is 5.75 Å². The van der Waals surface area contributed by atoms with Crippen molar-refractivity contribution >= 4 is 21.4 Å². The highest BCUT2D eigenvalue weighted by molar-refractivity contribution is 7.90. The Morgan fingerprint density at radius 3 is 2.68 bits per heavy atom. The second-order valence-corrected chi connectivity index (χ2v) is 7.57. The normalized spacial score (nSPS) is 13.4. The number of hydrogen-bond donors (Lipinski definition) is 1. The van der Waals surface area contributed by atoms with E-state index in [2.05, 4.69) is 12.2 Å². The minimum absolute atomic E-state index is 0.181. The maximum absolute atomic E-state index is 11.3. The van der Waals surface area contributed by atoms with Crippen LogP contribution in [0.25, 0.3) is 0 Å². The number of hydrogen-bond acceptors (Lipinski definition) is 3. The minimum atomic E-state index is -2.93. The summed E-state index contributed by atoms with van der Waals surface area (Å²) in [4.78, 5) is 0. The van der Waals surface area contributed by atoms with Crippen molar-refractivity contribution in [2.45, 2.75) is 25.7 Å². The first kappa shape index (κ1) is 16.5. The molecule has 1 rings (SSSR count). The maximum atomic E-state index is 11.3. The molecule has 1 aromatic rings. The Balaban J connectivity index is 2.73. The Bertz CT molecular complexity index is 488. The van der Waals surface area contributed by atoms with E-state index >= 15 is 0 Å². The molecule has 1 aromatic carbocycles. The predicted octanol–water partition coefficient (Wildman–Crippen LogP) is 2.86. The molecule has 1 atom stereocenters. The lowest BCUT2D eigenvalue weighted by atomic mass is 9.96. The van der Waals surface area contributed by atoms with Gasteiger partial charge in [-0.1, -0.05) is 30.7 Å². The molecule has 0 fully saturated rings. The lowest BCUT2D eigenvalue weighted by Gasteiger charge is -2.18. The van der Waals surface area contributed by atoms with Gasteiger partial charge < -0.3 is 5.32 Å². The Kier molecular flexibility index (Phi) is 6.83. The summed E-state index contributed by atoms with van der Waals surface area (Å²) in [5, 5.41) is 4.04. The molecule has 0 aliphatic rings. The Morgan fingerprint density at radius 1 is 1.37 bits per heavy atom. The first-order valence-corrected chi connectivity index (χ1v) is 9.00. The van der Waals surface area contributed by atoms with Crippen LogP contribution in [0.15, 0.2) is 24.3 Å². The van der Waals surface area contributed by atoms with E-state index in [1.807, 2.05) is 24.3 Å². The van der Waals surface area contributed by atoms with Crippen molar-refractivity contribution in [1.29, 1.82) is 0 Å². The monoisotopic (exact) mass is 303 g/mol. The van der Waals surface area contributed by atoms with Gasteiger partial charge in [-0.2, -0.15) is 0 Å². The Morgan fingerprint density at radius 2 is 2.11 bits per heavy atom. The van der Waals surface area contributed by atoms with Crippen LogP contribution >= 0.6 is 11.6 Å². The largest absolute Gasteiger partial charge is 0.316 e. The van der Waals surface area contributed by atoms with E-state index in [0.717, 1.165) is 25.1 Å². The standard InChI is InChI=1S/C14H22ClNO2S/c1-3-8-16-11-13(7-9-19(2,17)18)12-5-4-6-14(15)10-12/h4-6,10,13,16H,3,7-9,11H2,1-2H3. The summed E-state index contributed by atoms with van der Waals surface area (Å²) in [6.07, 6.45) is 2.96. The molecule has 0 heterocycles. The van der Waals surface area contributed by atoms with Crippen LogP contribution in [0.5, 0.6) is 0 Å². The summed E-state index contributed by atoms with van der Waals surface area (Å²) in [5.74, 6) is 0.387. The van der Waals surface area contributed by atoms with Gasteiger partial charge in [0.25, 0.3) is 0 Å². The van der Waals surface area contributed by atoms with Crippen LogP contribution in [0.1, 0.15) is 31.2 Å². The molecule has 1 N–H and O–H groups in total. The van der Waals surface area contributed by atoms with Gasteiger partial charge in [0.15, 0.2) is 0 Å². The summed E-state index contributed by atoms with van der Waals surface area (Å²) < 4.78 is 22.6. The van der Waals surface area contributed by atoms with E-state index in [4.69, 9.17) is 11.6 Å². The smallest absolute Gasteiger partial charge is 0.147 e. The third kappa shape index (κ3) is 6.95. The summed E-state index contributed by atoms with van der Waals surface area (Å²) >= 11 is 6.00. The van der Waals surface area contributed by atoms with E-state index in [9.17, 15) is 8.42 Å². The fourth-order valence-corrected chi connectivity index (χ4v) is 2.87. The van der Waals surface area contributed by atoms with E-state index in [-0.39, 0.29) is 11.7 Å².